The minimum Gasteiger partial charge on any atom is -0.497 e. The highest BCUT2D eigenvalue weighted by atomic mass is 32.2. The topological polar surface area (TPSA) is 55.8 Å². The molecule has 3 aromatic rings. The van der Waals surface area contributed by atoms with Gasteiger partial charge in [-0.2, -0.15) is 4.31 Å². The third-order valence-corrected chi connectivity index (χ3v) is 7.95. The molecule has 0 aliphatic carbocycles. The largest absolute Gasteiger partial charge is 0.497 e. The number of sulfonamides is 1. The second kappa shape index (κ2) is 11.0. The third kappa shape index (κ3) is 5.90. The van der Waals surface area contributed by atoms with Crippen LogP contribution in [0.25, 0.3) is 0 Å². The first-order valence-corrected chi connectivity index (χ1v) is 13.0. The lowest BCUT2D eigenvalue weighted by Gasteiger charge is -2.27. The van der Waals surface area contributed by atoms with E-state index in [9.17, 15) is 8.42 Å². The highest BCUT2D eigenvalue weighted by Crippen LogP contribution is 2.40. The number of ether oxygens (including phenoxy) is 2. The van der Waals surface area contributed by atoms with E-state index in [0.717, 1.165) is 33.6 Å². The summed E-state index contributed by atoms with van der Waals surface area (Å²) in [5, 5.41) is 0. The standard InChI is InChI=1S/C29H31NO4S/c1-22-9-15-28(16-10-22)35(31,32)30-18-17-26(29(30)25-7-5-4-6-8-25)19-23(2)20-34-21-24-11-13-27(33-3)14-12-24/h4-17,29H,2,18-21H2,1,3H3. The minimum absolute atomic E-state index is 0.306. The molecule has 4 rings (SSSR count). The molecule has 1 aliphatic heterocycles. The normalized spacial score (nSPS) is 16.2. The summed E-state index contributed by atoms with van der Waals surface area (Å²) in [4.78, 5) is 0.306. The number of aryl methyl sites for hydroxylation is 1. The van der Waals surface area contributed by atoms with E-state index in [1.54, 1.807) is 23.5 Å². The number of hydrogen-bond acceptors (Lipinski definition) is 4. The number of methoxy groups -OCH3 is 1. The molecule has 35 heavy (non-hydrogen) atoms. The second-order valence-electron chi connectivity index (χ2n) is 8.75. The molecule has 0 saturated heterocycles. The zero-order valence-corrected chi connectivity index (χ0v) is 21.0. The van der Waals surface area contributed by atoms with Gasteiger partial charge >= 0.3 is 0 Å². The molecule has 0 bridgehead atoms. The van der Waals surface area contributed by atoms with Gasteiger partial charge in [-0.15, -0.1) is 0 Å². The van der Waals surface area contributed by atoms with Gasteiger partial charge in [0.2, 0.25) is 10.0 Å². The molecular formula is C29H31NO4S. The Bertz CT molecular complexity index is 1280. The van der Waals surface area contributed by atoms with Gasteiger partial charge in [-0.3, -0.25) is 0 Å². The van der Waals surface area contributed by atoms with Crippen LogP contribution in [-0.4, -0.2) is 33.0 Å². The Balaban J connectivity index is 1.46. The summed E-state index contributed by atoms with van der Waals surface area (Å²) < 4.78 is 39.8. The first-order chi connectivity index (χ1) is 16.9. The van der Waals surface area contributed by atoms with Crippen molar-refractivity contribution in [2.45, 2.75) is 30.9 Å². The summed E-state index contributed by atoms with van der Waals surface area (Å²) in [5.74, 6) is 0.809. The quantitative estimate of drug-likeness (QED) is 0.336. The van der Waals surface area contributed by atoms with Gasteiger partial charge in [-0.05, 0) is 59.9 Å². The van der Waals surface area contributed by atoms with E-state index in [1.165, 1.54) is 0 Å². The van der Waals surface area contributed by atoms with Crippen molar-refractivity contribution in [2.24, 2.45) is 0 Å². The summed E-state index contributed by atoms with van der Waals surface area (Å²) in [6, 6.07) is 24.2. The Morgan fingerprint density at radius 1 is 1.00 bits per heavy atom. The maximum Gasteiger partial charge on any atom is 0.244 e. The van der Waals surface area contributed by atoms with Gasteiger partial charge in [0.1, 0.15) is 5.75 Å². The summed E-state index contributed by atoms with van der Waals surface area (Å²) >= 11 is 0. The average molecular weight is 490 g/mol. The molecule has 0 fully saturated rings. The monoisotopic (exact) mass is 489 g/mol. The van der Waals surface area contributed by atoms with Crippen LogP contribution in [0.1, 0.15) is 29.2 Å². The maximum atomic E-state index is 13.6. The third-order valence-electron chi connectivity index (χ3n) is 6.10. The SMILES string of the molecule is C=C(COCc1ccc(OC)cc1)CC1=CCN(S(=O)(=O)c2ccc(C)cc2)C1c1ccccc1. The van der Waals surface area contributed by atoms with Crippen molar-refractivity contribution in [1.82, 2.24) is 4.31 Å². The summed E-state index contributed by atoms with van der Waals surface area (Å²) in [7, 11) is -2.03. The number of hydrogen-bond donors (Lipinski definition) is 0. The van der Waals surface area contributed by atoms with Crippen molar-refractivity contribution < 1.29 is 17.9 Å². The zero-order valence-electron chi connectivity index (χ0n) is 20.2. The van der Waals surface area contributed by atoms with Crippen LogP contribution in [0.4, 0.5) is 0 Å². The Morgan fingerprint density at radius 2 is 1.69 bits per heavy atom. The summed E-state index contributed by atoms with van der Waals surface area (Å²) in [6.45, 7) is 7.34. The molecule has 0 aromatic heterocycles. The van der Waals surface area contributed by atoms with Crippen molar-refractivity contribution in [3.05, 3.63) is 119 Å². The van der Waals surface area contributed by atoms with Gasteiger partial charge in [-0.1, -0.05) is 72.8 Å². The van der Waals surface area contributed by atoms with Crippen LogP contribution >= 0.6 is 0 Å². The molecule has 0 N–H and O–H groups in total. The predicted molar refractivity (Wildman–Crippen MR) is 139 cm³/mol. The molecule has 1 atom stereocenters. The van der Waals surface area contributed by atoms with Crippen molar-refractivity contribution >= 4 is 10.0 Å². The van der Waals surface area contributed by atoms with Crippen LogP contribution in [-0.2, 0) is 21.4 Å². The Kier molecular flexibility index (Phi) is 7.86. The van der Waals surface area contributed by atoms with Gasteiger partial charge in [0.05, 0.1) is 31.3 Å². The number of rotatable bonds is 10. The fourth-order valence-corrected chi connectivity index (χ4v) is 5.81. The van der Waals surface area contributed by atoms with Crippen molar-refractivity contribution in [3.63, 3.8) is 0 Å². The molecule has 1 unspecified atom stereocenters. The molecule has 1 aliphatic rings. The fraction of sp³-hybridized carbons (Fsp3) is 0.241. The highest BCUT2D eigenvalue weighted by molar-refractivity contribution is 7.89. The number of nitrogens with zero attached hydrogens (tertiary/aromatic N) is 1. The van der Waals surface area contributed by atoms with E-state index in [0.29, 0.717) is 31.1 Å². The van der Waals surface area contributed by atoms with E-state index < -0.39 is 10.0 Å². The molecule has 1 heterocycles. The van der Waals surface area contributed by atoms with E-state index in [2.05, 4.69) is 6.58 Å². The molecule has 0 spiro atoms. The van der Waals surface area contributed by atoms with Crippen molar-refractivity contribution in [2.75, 3.05) is 20.3 Å². The second-order valence-corrected chi connectivity index (χ2v) is 10.6. The first kappa shape index (κ1) is 24.9. The van der Waals surface area contributed by atoms with E-state index in [-0.39, 0.29) is 6.04 Å². The predicted octanol–water partition coefficient (Wildman–Crippen LogP) is 5.84. The summed E-state index contributed by atoms with van der Waals surface area (Å²) in [6.07, 6.45) is 2.58. The van der Waals surface area contributed by atoms with E-state index >= 15 is 0 Å². The van der Waals surface area contributed by atoms with Crippen LogP contribution in [0.3, 0.4) is 0 Å². The van der Waals surface area contributed by atoms with Crippen LogP contribution in [0.2, 0.25) is 0 Å². The van der Waals surface area contributed by atoms with E-state index in [4.69, 9.17) is 9.47 Å². The minimum atomic E-state index is -3.67. The highest BCUT2D eigenvalue weighted by Gasteiger charge is 2.37. The molecule has 0 radical (unpaired) electrons. The Labute approximate surface area is 208 Å². The molecular weight excluding hydrogens is 458 g/mol. The Morgan fingerprint density at radius 3 is 2.34 bits per heavy atom. The van der Waals surface area contributed by atoms with E-state index in [1.807, 2.05) is 79.7 Å². The first-order valence-electron chi connectivity index (χ1n) is 11.6. The summed E-state index contributed by atoms with van der Waals surface area (Å²) in [5.41, 5.74) is 4.94. The van der Waals surface area contributed by atoms with Crippen LogP contribution in [0.5, 0.6) is 5.75 Å². The lowest BCUT2D eigenvalue weighted by atomic mass is 9.96. The zero-order chi connectivity index (χ0) is 24.8. The Hall–Kier alpha value is -3.19. The molecule has 182 valence electrons. The van der Waals surface area contributed by atoms with Crippen LogP contribution in [0, 0.1) is 6.92 Å². The smallest absolute Gasteiger partial charge is 0.244 e. The fourth-order valence-electron chi connectivity index (χ4n) is 4.25. The number of benzene rings is 3. The maximum absolute atomic E-state index is 13.6. The van der Waals surface area contributed by atoms with Gasteiger partial charge in [0.25, 0.3) is 0 Å². The van der Waals surface area contributed by atoms with Gasteiger partial charge in [0, 0.05) is 6.54 Å². The van der Waals surface area contributed by atoms with Crippen LogP contribution in [0.15, 0.2) is 108 Å². The van der Waals surface area contributed by atoms with Gasteiger partial charge in [-0.25, -0.2) is 8.42 Å². The van der Waals surface area contributed by atoms with Crippen molar-refractivity contribution in [3.8, 4) is 5.75 Å². The van der Waals surface area contributed by atoms with Gasteiger partial charge < -0.3 is 9.47 Å². The van der Waals surface area contributed by atoms with Gasteiger partial charge in [0.15, 0.2) is 0 Å². The van der Waals surface area contributed by atoms with Crippen molar-refractivity contribution in [1.29, 1.82) is 0 Å². The average Bonchev–Trinajstić information content (AvgIpc) is 3.29. The molecule has 0 amide bonds. The lowest BCUT2D eigenvalue weighted by molar-refractivity contribution is 0.141. The molecule has 3 aromatic carbocycles. The molecule has 5 nitrogen and oxygen atoms in total. The molecule has 0 saturated carbocycles. The molecule has 6 heteroatoms. The lowest BCUT2D eigenvalue weighted by Crippen LogP contribution is -2.32. The van der Waals surface area contributed by atoms with Crippen LogP contribution < -0.4 is 4.74 Å².